The number of aromatic carboxylic acids is 1. The molecule has 2 N–H and O–H groups in total. The van der Waals surface area contributed by atoms with E-state index in [1.807, 2.05) is 6.92 Å². The fourth-order valence-corrected chi connectivity index (χ4v) is 1.31. The Bertz CT molecular complexity index is 392. The van der Waals surface area contributed by atoms with Crippen molar-refractivity contribution in [3.8, 4) is 0 Å². The zero-order chi connectivity index (χ0) is 10.0. The summed E-state index contributed by atoms with van der Waals surface area (Å²) in [6, 6.07) is 0. The second-order valence-electron chi connectivity index (χ2n) is 2.79. The summed E-state index contributed by atoms with van der Waals surface area (Å²) in [7, 11) is 0. The lowest BCUT2D eigenvalue weighted by Gasteiger charge is -2.04. The Kier molecular flexibility index (Phi) is 2.51. The predicted molar refractivity (Wildman–Crippen MR) is 48.1 cm³/mol. The second-order valence-corrected chi connectivity index (χ2v) is 2.79. The van der Waals surface area contributed by atoms with Crippen LogP contribution in [0.15, 0.2) is 11.0 Å². The van der Waals surface area contributed by atoms with Gasteiger partial charge in [0.25, 0.3) is 5.56 Å². The van der Waals surface area contributed by atoms with E-state index in [4.69, 9.17) is 5.11 Å². The molecule has 0 saturated carbocycles. The number of pyridine rings is 1. The molecule has 0 fully saturated rings. The van der Waals surface area contributed by atoms with Crippen LogP contribution in [0.5, 0.6) is 0 Å². The maximum atomic E-state index is 11.2. The molecule has 0 unspecified atom stereocenters. The third kappa shape index (κ3) is 1.61. The Hall–Kier alpha value is -1.58. The Morgan fingerprint density at radius 2 is 2.23 bits per heavy atom. The first-order chi connectivity index (χ1) is 6.07. The molecule has 1 heterocycles. The zero-order valence-corrected chi connectivity index (χ0v) is 7.55. The Morgan fingerprint density at radius 1 is 1.62 bits per heavy atom. The van der Waals surface area contributed by atoms with Crippen LogP contribution >= 0.6 is 0 Å². The van der Waals surface area contributed by atoms with Gasteiger partial charge in [-0.1, -0.05) is 6.92 Å². The molecule has 0 aromatic carbocycles. The van der Waals surface area contributed by atoms with E-state index in [-0.39, 0.29) is 11.1 Å². The average molecular weight is 181 g/mol. The van der Waals surface area contributed by atoms with Gasteiger partial charge in [0, 0.05) is 11.8 Å². The molecular weight excluding hydrogens is 170 g/mol. The number of carbonyl (C=O) groups is 1. The summed E-state index contributed by atoms with van der Waals surface area (Å²) in [6.07, 6.45) is 1.78. The molecule has 1 rings (SSSR count). The van der Waals surface area contributed by atoms with Crippen LogP contribution in [0.1, 0.15) is 28.4 Å². The van der Waals surface area contributed by atoms with E-state index in [1.54, 1.807) is 6.92 Å². The van der Waals surface area contributed by atoms with Crippen LogP contribution in [0.4, 0.5) is 0 Å². The van der Waals surface area contributed by atoms with Crippen LogP contribution in [-0.2, 0) is 6.42 Å². The normalized spacial score (nSPS) is 10.0. The third-order valence-corrected chi connectivity index (χ3v) is 2.06. The minimum Gasteiger partial charge on any atom is -0.478 e. The second kappa shape index (κ2) is 3.43. The molecule has 0 amide bonds. The highest BCUT2D eigenvalue weighted by Gasteiger charge is 2.11. The Morgan fingerprint density at radius 3 is 2.69 bits per heavy atom. The molecule has 4 heteroatoms. The van der Waals surface area contributed by atoms with Gasteiger partial charge in [0.15, 0.2) is 0 Å². The van der Waals surface area contributed by atoms with E-state index in [2.05, 4.69) is 4.98 Å². The number of hydrogen-bond donors (Lipinski definition) is 2. The smallest absolute Gasteiger partial charge is 0.337 e. The maximum absolute atomic E-state index is 11.2. The standard InChI is InChI=1S/C9H11NO3/c1-3-6-5(2)7(9(12)13)4-10-8(6)11/h4H,3H2,1-2H3,(H,10,11)(H,12,13). The highest BCUT2D eigenvalue weighted by atomic mass is 16.4. The van der Waals surface area contributed by atoms with Crippen LogP contribution in [0.25, 0.3) is 0 Å². The molecule has 0 atom stereocenters. The zero-order valence-electron chi connectivity index (χ0n) is 7.55. The summed E-state index contributed by atoms with van der Waals surface area (Å²) in [5.41, 5.74) is 1.06. The largest absolute Gasteiger partial charge is 0.478 e. The summed E-state index contributed by atoms with van der Waals surface area (Å²) in [4.78, 5) is 24.3. The summed E-state index contributed by atoms with van der Waals surface area (Å²) >= 11 is 0. The fourth-order valence-electron chi connectivity index (χ4n) is 1.31. The van der Waals surface area contributed by atoms with Crippen LogP contribution in [0.3, 0.4) is 0 Å². The molecule has 0 bridgehead atoms. The molecule has 1 aromatic heterocycles. The van der Waals surface area contributed by atoms with Crippen molar-refractivity contribution in [2.75, 3.05) is 0 Å². The van der Waals surface area contributed by atoms with Crippen LogP contribution in [0.2, 0.25) is 0 Å². The SMILES string of the molecule is CCc1c(C)c(C(=O)O)c[nH]c1=O. The van der Waals surface area contributed by atoms with Gasteiger partial charge in [-0.25, -0.2) is 4.79 Å². The van der Waals surface area contributed by atoms with E-state index in [9.17, 15) is 9.59 Å². The number of H-pyrrole nitrogens is 1. The molecule has 70 valence electrons. The lowest BCUT2D eigenvalue weighted by molar-refractivity contribution is 0.0695. The molecule has 4 nitrogen and oxygen atoms in total. The monoisotopic (exact) mass is 181 g/mol. The van der Waals surface area contributed by atoms with Gasteiger partial charge in [-0.15, -0.1) is 0 Å². The van der Waals surface area contributed by atoms with E-state index < -0.39 is 5.97 Å². The van der Waals surface area contributed by atoms with Gasteiger partial charge in [0.1, 0.15) is 0 Å². The van der Waals surface area contributed by atoms with Gasteiger partial charge < -0.3 is 10.1 Å². The first kappa shape index (κ1) is 9.51. The van der Waals surface area contributed by atoms with Crippen LogP contribution in [-0.4, -0.2) is 16.1 Å². The van der Waals surface area contributed by atoms with Gasteiger partial charge in [-0.3, -0.25) is 4.79 Å². The maximum Gasteiger partial charge on any atom is 0.337 e. The van der Waals surface area contributed by atoms with E-state index in [0.717, 1.165) is 0 Å². The molecule has 0 aliphatic heterocycles. The van der Waals surface area contributed by atoms with Gasteiger partial charge in [-0.2, -0.15) is 0 Å². The first-order valence-electron chi connectivity index (χ1n) is 4.02. The van der Waals surface area contributed by atoms with E-state index in [0.29, 0.717) is 17.5 Å². The van der Waals surface area contributed by atoms with Crippen molar-refractivity contribution in [3.05, 3.63) is 33.2 Å². The molecule has 1 aromatic rings. The van der Waals surface area contributed by atoms with Gasteiger partial charge in [-0.05, 0) is 18.9 Å². The first-order valence-corrected chi connectivity index (χ1v) is 4.02. The molecule has 13 heavy (non-hydrogen) atoms. The lowest BCUT2D eigenvalue weighted by Crippen LogP contribution is -2.17. The minimum absolute atomic E-state index is 0.163. The average Bonchev–Trinajstić information content (AvgIpc) is 2.04. The molecule has 0 saturated heterocycles. The molecule has 0 aliphatic carbocycles. The molecule has 0 spiro atoms. The summed E-state index contributed by atoms with van der Waals surface area (Å²) in [6.45, 7) is 3.47. The topological polar surface area (TPSA) is 70.2 Å². The predicted octanol–water partition coefficient (Wildman–Crippen LogP) is 0.944. The number of aromatic amines is 1. The third-order valence-electron chi connectivity index (χ3n) is 2.06. The van der Waals surface area contributed by atoms with Crippen molar-refractivity contribution in [1.29, 1.82) is 0 Å². The van der Waals surface area contributed by atoms with Crippen molar-refractivity contribution in [2.24, 2.45) is 0 Å². The summed E-state index contributed by atoms with van der Waals surface area (Å²) in [5, 5.41) is 8.75. The van der Waals surface area contributed by atoms with E-state index >= 15 is 0 Å². The number of rotatable bonds is 2. The fraction of sp³-hybridized carbons (Fsp3) is 0.333. The number of carboxylic acid groups (broad SMARTS) is 1. The quantitative estimate of drug-likeness (QED) is 0.713. The molecule has 0 aliphatic rings. The van der Waals surface area contributed by atoms with Crippen LogP contribution < -0.4 is 5.56 Å². The Balaban J connectivity index is 3.45. The van der Waals surface area contributed by atoms with E-state index in [1.165, 1.54) is 6.20 Å². The minimum atomic E-state index is -1.01. The lowest BCUT2D eigenvalue weighted by atomic mass is 10.0. The van der Waals surface area contributed by atoms with Crippen molar-refractivity contribution in [3.63, 3.8) is 0 Å². The van der Waals surface area contributed by atoms with Gasteiger partial charge in [0.2, 0.25) is 0 Å². The highest BCUT2D eigenvalue weighted by Crippen LogP contribution is 2.08. The number of hydrogen-bond acceptors (Lipinski definition) is 2. The van der Waals surface area contributed by atoms with Gasteiger partial charge >= 0.3 is 5.97 Å². The number of carboxylic acids is 1. The highest BCUT2D eigenvalue weighted by molar-refractivity contribution is 5.89. The van der Waals surface area contributed by atoms with Crippen molar-refractivity contribution in [2.45, 2.75) is 20.3 Å². The summed E-state index contributed by atoms with van der Waals surface area (Å²) < 4.78 is 0. The van der Waals surface area contributed by atoms with Crippen molar-refractivity contribution < 1.29 is 9.90 Å². The van der Waals surface area contributed by atoms with Crippen molar-refractivity contribution in [1.82, 2.24) is 4.98 Å². The van der Waals surface area contributed by atoms with Crippen LogP contribution in [0, 0.1) is 6.92 Å². The molecule has 0 radical (unpaired) electrons. The number of aromatic nitrogens is 1. The summed E-state index contributed by atoms with van der Waals surface area (Å²) in [5.74, 6) is -1.01. The molecular formula is C9H11NO3. The Labute approximate surface area is 75.2 Å². The van der Waals surface area contributed by atoms with Gasteiger partial charge in [0.05, 0.1) is 5.56 Å². The van der Waals surface area contributed by atoms with Crippen molar-refractivity contribution >= 4 is 5.97 Å². The number of nitrogens with one attached hydrogen (secondary N) is 1.